The van der Waals surface area contributed by atoms with Gasteiger partial charge in [0, 0.05) is 12.6 Å². The van der Waals surface area contributed by atoms with E-state index in [1.54, 1.807) is 12.1 Å². The van der Waals surface area contributed by atoms with Crippen molar-refractivity contribution in [3.05, 3.63) is 95.3 Å². The average Bonchev–Trinajstić information content (AvgIpc) is 3.46. The SMILES string of the molecule is CC[C@@H](C(=O)NC1CCCC1)N(Cc1ccccc1C)C(=O)CN(c1ccc(F)cc1)S(=O)(=O)c1ccc(C)cc1. The Morgan fingerprint density at radius 1 is 0.951 bits per heavy atom. The van der Waals surface area contributed by atoms with Gasteiger partial charge in [0.25, 0.3) is 10.0 Å². The minimum atomic E-state index is -4.20. The zero-order valence-corrected chi connectivity index (χ0v) is 24.7. The fourth-order valence-electron chi connectivity index (χ4n) is 5.23. The Balaban J connectivity index is 1.72. The Morgan fingerprint density at radius 2 is 1.59 bits per heavy atom. The van der Waals surface area contributed by atoms with Crippen LogP contribution in [0.25, 0.3) is 0 Å². The van der Waals surface area contributed by atoms with Crippen LogP contribution in [-0.4, -0.2) is 43.8 Å². The number of benzene rings is 3. The number of hydrogen-bond donors (Lipinski definition) is 1. The van der Waals surface area contributed by atoms with E-state index in [1.165, 1.54) is 29.2 Å². The molecule has 0 heterocycles. The molecule has 7 nitrogen and oxygen atoms in total. The van der Waals surface area contributed by atoms with Crippen LogP contribution in [0.15, 0.2) is 77.7 Å². The molecule has 1 atom stereocenters. The van der Waals surface area contributed by atoms with Crippen molar-refractivity contribution in [2.24, 2.45) is 0 Å². The summed E-state index contributed by atoms with van der Waals surface area (Å²) < 4.78 is 42.6. The summed E-state index contributed by atoms with van der Waals surface area (Å²) in [4.78, 5) is 29.2. The molecule has 1 aliphatic rings. The summed E-state index contributed by atoms with van der Waals surface area (Å²) in [6, 6.07) is 18.2. The fourth-order valence-corrected chi connectivity index (χ4v) is 6.65. The molecule has 0 aromatic heterocycles. The second kappa shape index (κ2) is 13.3. The smallest absolute Gasteiger partial charge is 0.264 e. The molecule has 41 heavy (non-hydrogen) atoms. The van der Waals surface area contributed by atoms with Gasteiger partial charge < -0.3 is 10.2 Å². The van der Waals surface area contributed by atoms with E-state index in [1.807, 2.05) is 45.0 Å². The summed E-state index contributed by atoms with van der Waals surface area (Å²) in [5.41, 5.74) is 2.86. The predicted molar refractivity (Wildman–Crippen MR) is 158 cm³/mol. The van der Waals surface area contributed by atoms with Gasteiger partial charge in [0.2, 0.25) is 11.8 Å². The van der Waals surface area contributed by atoms with E-state index in [9.17, 15) is 22.4 Å². The van der Waals surface area contributed by atoms with Gasteiger partial charge in [-0.1, -0.05) is 61.7 Å². The monoisotopic (exact) mass is 579 g/mol. The van der Waals surface area contributed by atoms with Crippen molar-refractivity contribution >= 4 is 27.5 Å². The highest BCUT2D eigenvalue weighted by molar-refractivity contribution is 7.92. The van der Waals surface area contributed by atoms with Gasteiger partial charge >= 0.3 is 0 Å². The van der Waals surface area contributed by atoms with Gasteiger partial charge in [-0.3, -0.25) is 13.9 Å². The van der Waals surface area contributed by atoms with Crippen LogP contribution in [0.3, 0.4) is 0 Å². The number of carbonyl (C=O) groups is 2. The molecular weight excluding hydrogens is 541 g/mol. The second-order valence-corrected chi connectivity index (χ2v) is 12.5. The first kappa shape index (κ1) is 30.2. The summed E-state index contributed by atoms with van der Waals surface area (Å²) in [6.45, 7) is 5.22. The molecule has 3 aromatic rings. The molecule has 218 valence electrons. The van der Waals surface area contributed by atoms with Crippen molar-refractivity contribution in [3.63, 3.8) is 0 Å². The first-order valence-corrected chi connectivity index (χ1v) is 15.5. The molecule has 0 aliphatic heterocycles. The number of aryl methyl sites for hydroxylation is 2. The third-order valence-corrected chi connectivity index (χ3v) is 9.48. The van der Waals surface area contributed by atoms with Gasteiger partial charge in [0.05, 0.1) is 10.6 Å². The number of sulfonamides is 1. The predicted octanol–water partition coefficient (Wildman–Crippen LogP) is 5.50. The highest BCUT2D eigenvalue weighted by Crippen LogP contribution is 2.26. The first-order valence-electron chi connectivity index (χ1n) is 14.1. The molecule has 9 heteroatoms. The van der Waals surface area contributed by atoms with E-state index in [0.717, 1.165) is 58.8 Å². The van der Waals surface area contributed by atoms with Crippen molar-refractivity contribution < 1.29 is 22.4 Å². The molecule has 0 saturated heterocycles. The van der Waals surface area contributed by atoms with E-state index >= 15 is 0 Å². The number of rotatable bonds is 11. The summed E-state index contributed by atoms with van der Waals surface area (Å²) >= 11 is 0. The summed E-state index contributed by atoms with van der Waals surface area (Å²) in [7, 11) is -4.20. The Kier molecular flexibility index (Phi) is 9.81. The molecule has 1 N–H and O–H groups in total. The van der Waals surface area contributed by atoms with Gasteiger partial charge in [-0.15, -0.1) is 0 Å². The van der Waals surface area contributed by atoms with Gasteiger partial charge in [-0.25, -0.2) is 12.8 Å². The van der Waals surface area contributed by atoms with Crippen molar-refractivity contribution in [2.45, 2.75) is 76.4 Å². The van der Waals surface area contributed by atoms with Crippen molar-refractivity contribution in [1.82, 2.24) is 10.2 Å². The Morgan fingerprint density at radius 3 is 2.20 bits per heavy atom. The normalized spacial score (nSPS) is 14.4. The number of amides is 2. The van der Waals surface area contributed by atoms with Gasteiger partial charge in [-0.2, -0.15) is 0 Å². The maximum Gasteiger partial charge on any atom is 0.264 e. The van der Waals surface area contributed by atoms with E-state index < -0.39 is 34.3 Å². The molecule has 1 aliphatic carbocycles. The van der Waals surface area contributed by atoms with Gasteiger partial charge in [-0.05, 0) is 80.6 Å². The zero-order chi connectivity index (χ0) is 29.6. The Hall–Kier alpha value is -3.72. The van der Waals surface area contributed by atoms with E-state index in [-0.39, 0.29) is 29.1 Å². The number of carbonyl (C=O) groups excluding carboxylic acids is 2. The minimum Gasteiger partial charge on any atom is -0.352 e. The highest BCUT2D eigenvalue weighted by atomic mass is 32.2. The zero-order valence-electron chi connectivity index (χ0n) is 23.8. The number of nitrogens with one attached hydrogen (secondary N) is 1. The quantitative estimate of drug-likeness (QED) is 0.325. The van der Waals surface area contributed by atoms with Crippen LogP contribution in [0.5, 0.6) is 0 Å². The molecule has 0 unspecified atom stereocenters. The van der Waals surface area contributed by atoms with Gasteiger partial charge in [0.1, 0.15) is 18.4 Å². The Labute approximate surface area is 242 Å². The maximum atomic E-state index is 14.1. The Bertz CT molecular complexity index is 1450. The molecule has 1 saturated carbocycles. The van der Waals surface area contributed by atoms with Crippen LogP contribution in [0, 0.1) is 19.7 Å². The largest absolute Gasteiger partial charge is 0.352 e. The number of nitrogens with zero attached hydrogens (tertiary/aromatic N) is 2. The molecule has 1 fully saturated rings. The lowest BCUT2D eigenvalue weighted by Gasteiger charge is -2.34. The lowest BCUT2D eigenvalue weighted by atomic mass is 10.1. The second-order valence-electron chi connectivity index (χ2n) is 10.7. The molecule has 3 aromatic carbocycles. The minimum absolute atomic E-state index is 0.0108. The van der Waals surface area contributed by atoms with Crippen LogP contribution in [-0.2, 0) is 26.2 Å². The van der Waals surface area contributed by atoms with Crippen LogP contribution in [0.2, 0.25) is 0 Å². The molecule has 0 bridgehead atoms. The van der Waals surface area contributed by atoms with Gasteiger partial charge in [0.15, 0.2) is 0 Å². The van der Waals surface area contributed by atoms with E-state index in [2.05, 4.69) is 5.32 Å². The summed E-state index contributed by atoms with van der Waals surface area (Å²) in [6.07, 6.45) is 4.27. The first-order chi connectivity index (χ1) is 19.6. The number of anilines is 1. The highest BCUT2D eigenvalue weighted by Gasteiger charge is 2.34. The van der Waals surface area contributed by atoms with Crippen molar-refractivity contribution in [3.8, 4) is 0 Å². The third-order valence-electron chi connectivity index (χ3n) is 7.69. The van der Waals surface area contributed by atoms with Crippen LogP contribution >= 0.6 is 0 Å². The lowest BCUT2D eigenvalue weighted by Crippen LogP contribution is -2.53. The maximum absolute atomic E-state index is 14.1. The number of hydrogen-bond acceptors (Lipinski definition) is 4. The summed E-state index contributed by atoms with van der Waals surface area (Å²) in [5, 5.41) is 3.11. The third kappa shape index (κ3) is 7.33. The standard InChI is InChI=1S/C32H38FN3O4S/c1-4-30(32(38)34-27-11-7-8-12-27)35(21-25-10-6-5-9-24(25)3)31(37)22-36(28-17-15-26(33)16-18-28)41(39,40)29-19-13-23(2)14-20-29/h5-6,9-10,13-20,27,30H,4,7-8,11-12,21-22H2,1-3H3,(H,34,38)/t30-/m0/s1. The van der Waals surface area contributed by atoms with E-state index in [0.29, 0.717) is 6.42 Å². The molecule has 2 amide bonds. The van der Waals surface area contributed by atoms with Crippen LogP contribution in [0.4, 0.5) is 10.1 Å². The molecule has 4 rings (SSSR count). The number of halogens is 1. The molecular formula is C32H38FN3O4S. The molecule has 0 radical (unpaired) electrons. The average molecular weight is 580 g/mol. The fraction of sp³-hybridized carbons (Fsp3) is 0.375. The van der Waals surface area contributed by atoms with Crippen molar-refractivity contribution in [2.75, 3.05) is 10.8 Å². The van der Waals surface area contributed by atoms with E-state index in [4.69, 9.17) is 0 Å². The lowest BCUT2D eigenvalue weighted by molar-refractivity contribution is -0.140. The molecule has 0 spiro atoms. The van der Waals surface area contributed by atoms with Crippen molar-refractivity contribution in [1.29, 1.82) is 0 Å². The summed E-state index contributed by atoms with van der Waals surface area (Å²) in [5.74, 6) is -1.29. The van der Waals surface area contributed by atoms with Crippen LogP contribution in [0.1, 0.15) is 55.7 Å². The topological polar surface area (TPSA) is 86.8 Å². The van der Waals surface area contributed by atoms with Crippen LogP contribution < -0.4 is 9.62 Å².